The molecule has 0 aliphatic carbocycles. The number of carbonyl (C=O) groups excluding carboxylic acids is 1. The normalized spacial score (nSPS) is 23.0. The molecule has 3 rings (SSSR count). The lowest BCUT2D eigenvalue weighted by Gasteiger charge is -2.48. The van der Waals surface area contributed by atoms with Gasteiger partial charge in [-0.2, -0.15) is 0 Å². The molecular formula is C21H31NO6S2. The van der Waals surface area contributed by atoms with Crippen molar-refractivity contribution in [3.63, 3.8) is 0 Å². The van der Waals surface area contributed by atoms with E-state index in [1.165, 1.54) is 0 Å². The number of rotatable bonds is 7. The predicted molar refractivity (Wildman–Crippen MR) is 116 cm³/mol. The van der Waals surface area contributed by atoms with Crippen LogP contribution in [0.5, 0.6) is 5.75 Å². The first kappa shape index (κ1) is 23.2. The first-order valence-electron chi connectivity index (χ1n) is 10.3. The van der Waals surface area contributed by atoms with E-state index >= 15 is 0 Å². The lowest BCUT2D eigenvalue weighted by Crippen LogP contribution is -2.55. The van der Waals surface area contributed by atoms with Crippen molar-refractivity contribution >= 4 is 25.5 Å². The van der Waals surface area contributed by atoms with Gasteiger partial charge >= 0.3 is 0 Å². The van der Waals surface area contributed by atoms with Crippen molar-refractivity contribution in [3.05, 3.63) is 29.8 Å². The Bertz CT molecular complexity index is 958. The van der Waals surface area contributed by atoms with E-state index in [0.29, 0.717) is 11.3 Å². The molecule has 0 spiro atoms. The average Bonchev–Trinajstić information content (AvgIpc) is 2.66. The smallest absolute Gasteiger partial charge is 0.176 e. The van der Waals surface area contributed by atoms with Crippen molar-refractivity contribution in [1.29, 1.82) is 0 Å². The number of nitrogens with zero attached hydrogens (tertiary/aromatic N) is 1. The van der Waals surface area contributed by atoms with E-state index in [-0.39, 0.29) is 36.0 Å². The van der Waals surface area contributed by atoms with Gasteiger partial charge in [0.1, 0.15) is 31.5 Å². The largest absolute Gasteiger partial charge is 0.488 e. The van der Waals surface area contributed by atoms with Crippen LogP contribution >= 0.6 is 0 Å². The molecule has 0 bridgehead atoms. The monoisotopic (exact) mass is 457 g/mol. The van der Waals surface area contributed by atoms with Gasteiger partial charge in [-0.05, 0) is 63.9 Å². The number of carbonyl (C=O) groups is 1. The van der Waals surface area contributed by atoms with Gasteiger partial charge < -0.3 is 9.64 Å². The van der Waals surface area contributed by atoms with Gasteiger partial charge in [0, 0.05) is 12.5 Å². The van der Waals surface area contributed by atoms with Gasteiger partial charge in [0.05, 0.1) is 22.5 Å². The van der Waals surface area contributed by atoms with Crippen LogP contribution in [0.3, 0.4) is 0 Å². The molecule has 1 atom stereocenters. The van der Waals surface area contributed by atoms with Crippen molar-refractivity contribution in [3.8, 4) is 5.75 Å². The predicted octanol–water partition coefficient (Wildman–Crippen LogP) is 1.83. The van der Waals surface area contributed by atoms with Crippen molar-refractivity contribution in [2.75, 3.05) is 44.2 Å². The number of ether oxygens (including phenoxy) is 1. The number of sulfone groups is 2. The van der Waals surface area contributed by atoms with E-state index in [1.54, 1.807) is 24.3 Å². The standard InChI is InChI=1S/C21H31NO6S2/c1-22-12-8-16(9-13-22)20-21(10-14-29(2,24)25,11-15-30(3,26)27)19(23)17-6-4-5-7-18(17)28-20/h4-7,16,20H,8-15H2,1-3H3. The van der Waals surface area contributed by atoms with E-state index in [2.05, 4.69) is 4.90 Å². The van der Waals surface area contributed by atoms with Crippen LogP contribution in [0.4, 0.5) is 0 Å². The topological polar surface area (TPSA) is 97.8 Å². The zero-order valence-electron chi connectivity index (χ0n) is 17.8. The fourth-order valence-electron chi connectivity index (χ4n) is 4.65. The number of ketones is 1. The molecule has 1 fully saturated rings. The summed E-state index contributed by atoms with van der Waals surface area (Å²) in [7, 11) is -4.65. The maximum absolute atomic E-state index is 13.8. The summed E-state index contributed by atoms with van der Waals surface area (Å²) in [4.78, 5) is 16.0. The molecule has 1 unspecified atom stereocenters. The molecule has 9 heteroatoms. The van der Waals surface area contributed by atoms with Crippen LogP contribution in [-0.4, -0.2) is 77.8 Å². The van der Waals surface area contributed by atoms with Crippen molar-refractivity contribution < 1.29 is 26.4 Å². The number of hydrogen-bond donors (Lipinski definition) is 0. The molecule has 1 aromatic carbocycles. The molecule has 0 saturated carbocycles. The van der Waals surface area contributed by atoms with Gasteiger partial charge in [0.25, 0.3) is 0 Å². The highest BCUT2D eigenvalue weighted by molar-refractivity contribution is 7.90. The second-order valence-electron chi connectivity index (χ2n) is 8.92. The number of fused-ring (bicyclic) bond motifs is 1. The minimum Gasteiger partial charge on any atom is -0.488 e. The van der Waals surface area contributed by atoms with Gasteiger partial charge in [0.2, 0.25) is 0 Å². The molecule has 2 heterocycles. The molecule has 2 aliphatic heterocycles. The summed E-state index contributed by atoms with van der Waals surface area (Å²) in [5.74, 6) is -0.00661. The molecule has 0 amide bonds. The Hall–Kier alpha value is -1.45. The van der Waals surface area contributed by atoms with Crippen LogP contribution in [0.25, 0.3) is 0 Å². The van der Waals surface area contributed by atoms with Gasteiger partial charge in [-0.3, -0.25) is 4.79 Å². The van der Waals surface area contributed by atoms with E-state index in [4.69, 9.17) is 4.74 Å². The first-order valence-corrected chi connectivity index (χ1v) is 14.4. The summed E-state index contributed by atoms with van der Waals surface area (Å²) in [6, 6.07) is 6.98. The number of hydrogen-bond acceptors (Lipinski definition) is 7. The Kier molecular flexibility index (Phi) is 6.65. The third-order valence-corrected chi connectivity index (χ3v) is 8.30. The molecule has 0 radical (unpaired) electrons. The molecule has 1 saturated heterocycles. The molecule has 7 nitrogen and oxygen atoms in total. The SMILES string of the molecule is CN1CCC(C2Oc3ccccc3C(=O)C2(CCS(C)(=O)=O)CCS(C)(=O)=O)CC1. The summed E-state index contributed by atoms with van der Waals surface area (Å²) in [6.45, 7) is 1.71. The highest BCUT2D eigenvalue weighted by atomic mass is 32.2. The van der Waals surface area contributed by atoms with Gasteiger partial charge in [-0.25, -0.2) is 16.8 Å². The number of Topliss-reactive ketones (excluding diaryl/α,β-unsaturated/α-hetero) is 1. The second kappa shape index (κ2) is 8.59. The molecule has 168 valence electrons. The fourth-order valence-corrected chi connectivity index (χ4v) is 6.12. The highest BCUT2D eigenvalue weighted by Gasteiger charge is 2.54. The van der Waals surface area contributed by atoms with Crippen LogP contribution in [0, 0.1) is 11.3 Å². The minimum absolute atomic E-state index is 0.0534. The summed E-state index contributed by atoms with van der Waals surface area (Å²) in [5, 5.41) is 0. The van der Waals surface area contributed by atoms with Crippen LogP contribution in [0.1, 0.15) is 36.0 Å². The van der Waals surface area contributed by atoms with E-state index in [1.807, 2.05) is 7.05 Å². The Balaban J connectivity index is 2.08. The zero-order valence-corrected chi connectivity index (χ0v) is 19.5. The zero-order chi connectivity index (χ0) is 22.2. The van der Waals surface area contributed by atoms with E-state index in [0.717, 1.165) is 38.4 Å². The van der Waals surface area contributed by atoms with E-state index < -0.39 is 31.2 Å². The number of benzene rings is 1. The fraction of sp³-hybridized carbons (Fsp3) is 0.667. The van der Waals surface area contributed by atoms with Gasteiger partial charge in [0.15, 0.2) is 5.78 Å². The molecule has 2 aliphatic rings. The number of piperidine rings is 1. The number of likely N-dealkylation sites (tertiary alicyclic amines) is 1. The summed E-state index contributed by atoms with van der Waals surface area (Å²) >= 11 is 0. The van der Waals surface area contributed by atoms with Crippen molar-refractivity contribution in [1.82, 2.24) is 4.90 Å². The first-order chi connectivity index (χ1) is 13.9. The summed E-state index contributed by atoms with van der Waals surface area (Å²) in [5.41, 5.74) is -0.773. The van der Waals surface area contributed by atoms with Crippen LogP contribution in [0.15, 0.2) is 24.3 Å². The van der Waals surface area contributed by atoms with Gasteiger partial charge in [-0.15, -0.1) is 0 Å². The number of para-hydroxylation sites is 1. The Morgan fingerprint density at radius 3 is 2.07 bits per heavy atom. The van der Waals surface area contributed by atoms with Crippen molar-refractivity contribution in [2.45, 2.75) is 31.8 Å². The van der Waals surface area contributed by atoms with E-state index in [9.17, 15) is 21.6 Å². The lowest BCUT2D eigenvalue weighted by molar-refractivity contribution is -0.0211. The van der Waals surface area contributed by atoms with Gasteiger partial charge in [-0.1, -0.05) is 12.1 Å². The Labute approximate surface area is 179 Å². The molecule has 1 aromatic rings. The van der Waals surface area contributed by atoms with Crippen LogP contribution in [0.2, 0.25) is 0 Å². The Morgan fingerprint density at radius 1 is 1.00 bits per heavy atom. The summed E-state index contributed by atoms with van der Waals surface area (Å²) in [6.07, 6.45) is 3.49. The maximum atomic E-state index is 13.8. The maximum Gasteiger partial charge on any atom is 0.176 e. The average molecular weight is 458 g/mol. The lowest BCUT2D eigenvalue weighted by atomic mass is 9.64. The summed E-state index contributed by atoms with van der Waals surface area (Å²) < 4.78 is 54.5. The van der Waals surface area contributed by atoms with Crippen LogP contribution < -0.4 is 4.74 Å². The Morgan fingerprint density at radius 2 is 1.53 bits per heavy atom. The van der Waals surface area contributed by atoms with Crippen LogP contribution in [-0.2, 0) is 19.7 Å². The molecule has 0 N–H and O–H groups in total. The highest BCUT2D eigenvalue weighted by Crippen LogP contribution is 2.48. The van der Waals surface area contributed by atoms with Crippen molar-refractivity contribution in [2.24, 2.45) is 11.3 Å². The molecule has 30 heavy (non-hydrogen) atoms. The molecule has 0 aromatic heterocycles. The third-order valence-electron chi connectivity index (χ3n) is 6.41. The molecular weight excluding hydrogens is 426 g/mol. The third kappa shape index (κ3) is 5.23. The second-order valence-corrected chi connectivity index (χ2v) is 13.4. The quantitative estimate of drug-likeness (QED) is 0.616. The minimum atomic E-state index is -3.34.